The molecule has 0 atom stereocenters. The Morgan fingerprint density at radius 3 is 2.73 bits per heavy atom. The lowest BCUT2D eigenvalue weighted by Crippen LogP contribution is -2.11. The highest BCUT2D eigenvalue weighted by molar-refractivity contribution is 5.76. The Kier molecular flexibility index (Phi) is 2.29. The van der Waals surface area contributed by atoms with Gasteiger partial charge < -0.3 is 14.5 Å². The highest BCUT2D eigenvalue weighted by Gasteiger charge is 2.04. The van der Waals surface area contributed by atoms with Crippen molar-refractivity contribution in [2.45, 2.75) is 0 Å². The van der Waals surface area contributed by atoms with Gasteiger partial charge in [-0.1, -0.05) is 0 Å². The summed E-state index contributed by atoms with van der Waals surface area (Å²) >= 11 is 0. The number of benzene rings is 1. The third-order valence-corrected chi connectivity index (χ3v) is 2.06. The fourth-order valence-corrected chi connectivity index (χ4v) is 1.31. The van der Waals surface area contributed by atoms with Gasteiger partial charge in [-0.2, -0.15) is 0 Å². The Balaban J connectivity index is 2.71. The molecule has 0 spiro atoms. The van der Waals surface area contributed by atoms with Crippen LogP contribution >= 0.6 is 0 Å². The molecule has 0 aliphatic carbocycles. The van der Waals surface area contributed by atoms with Crippen LogP contribution in [0.5, 0.6) is 11.6 Å². The topological polar surface area (TPSA) is 64.2 Å². The van der Waals surface area contributed by atoms with Crippen LogP contribution in [0.1, 0.15) is 0 Å². The van der Waals surface area contributed by atoms with Crippen molar-refractivity contribution in [3.05, 3.63) is 28.6 Å². The summed E-state index contributed by atoms with van der Waals surface area (Å²) in [6.45, 7) is 0. The third-order valence-electron chi connectivity index (χ3n) is 2.06. The number of nitrogens with one attached hydrogen (secondary N) is 1. The minimum atomic E-state index is -0.338. The summed E-state index contributed by atoms with van der Waals surface area (Å²) in [6, 6.07) is 5.22. The van der Waals surface area contributed by atoms with Crippen molar-refractivity contribution < 1.29 is 9.47 Å². The van der Waals surface area contributed by atoms with Crippen molar-refractivity contribution in [2.24, 2.45) is 0 Å². The number of hydrogen-bond donors (Lipinski definition) is 1. The number of ether oxygens (including phenoxy) is 2. The van der Waals surface area contributed by atoms with E-state index in [1.807, 2.05) is 0 Å². The predicted molar refractivity (Wildman–Crippen MR) is 55.5 cm³/mol. The predicted octanol–water partition coefficient (Wildman–Crippen LogP) is 0.940. The van der Waals surface area contributed by atoms with E-state index in [4.69, 9.17) is 9.47 Å². The first kappa shape index (κ1) is 9.51. The molecule has 2 aromatic rings. The molecule has 5 heteroatoms. The van der Waals surface area contributed by atoms with Crippen LogP contribution in [0, 0.1) is 0 Å². The maximum Gasteiger partial charge on any atom is 0.311 e. The van der Waals surface area contributed by atoms with Gasteiger partial charge in [0.15, 0.2) is 0 Å². The summed E-state index contributed by atoms with van der Waals surface area (Å²) in [5.74, 6) is 0.736. The van der Waals surface area contributed by atoms with Gasteiger partial charge in [0.05, 0.1) is 25.3 Å². The maximum absolute atomic E-state index is 11.3. The van der Waals surface area contributed by atoms with Gasteiger partial charge >= 0.3 is 5.56 Å². The SMILES string of the molecule is COc1ccc2[nH]c(=O)c(OC)nc2c1. The fraction of sp³-hybridized carbons (Fsp3) is 0.200. The normalized spacial score (nSPS) is 10.3. The van der Waals surface area contributed by atoms with E-state index in [9.17, 15) is 4.79 Å². The van der Waals surface area contributed by atoms with E-state index < -0.39 is 0 Å². The molecule has 0 saturated carbocycles. The molecule has 0 fully saturated rings. The molecule has 0 amide bonds. The minimum Gasteiger partial charge on any atom is -0.497 e. The van der Waals surface area contributed by atoms with Crippen molar-refractivity contribution in [3.63, 3.8) is 0 Å². The number of aromatic nitrogens is 2. The highest BCUT2D eigenvalue weighted by Crippen LogP contribution is 2.17. The van der Waals surface area contributed by atoms with Gasteiger partial charge in [-0.3, -0.25) is 4.79 Å². The molecular weight excluding hydrogens is 196 g/mol. The first-order valence-electron chi connectivity index (χ1n) is 4.36. The molecule has 1 heterocycles. The van der Waals surface area contributed by atoms with Crippen molar-refractivity contribution in [1.82, 2.24) is 9.97 Å². The van der Waals surface area contributed by atoms with E-state index >= 15 is 0 Å². The molecule has 0 unspecified atom stereocenters. The largest absolute Gasteiger partial charge is 0.497 e. The van der Waals surface area contributed by atoms with Crippen LogP contribution in [0.4, 0.5) is 0 Å². The van der Waals surface area contributed by atoms with Gasteiger partial charge in [0.1, 0.15) is 5.75 Å². The van der Waals surface area contributed by atoms with Crippen molar-refractivity contribution in [2.75, 3.05) is 14.2 Å². The zero-order valence-electron chi connectivity index (χ0n) is 8.40. The van der Waals surface area contributed by atoms with E-state index in [-0.39, 0.29) is 11.4 Å². The van der Waals surface area contributed by atoms with Gasteiger partial charge in [0, 0.05) is 6.07 Å². The fourth-order valence-electron chi connectivity index (χ4n) is 1.31. The number of nitrogens with zero attached hydrogens (tertiary/aromatic N) is 1. The van der Waals surface area contributed by atoms with Crippen LogP contribution in [0.25, 0.3) is 11.0 Å². The number of methoxy groups -OCH3 is 2. The summed E-state index contributed by atoms with van der Waals surface area (Å²) in [7, 11) is 2.98. The van der Waals surface area contributed by atoms with Crippen molar-refractivity contribution >= 4 is 11.0 Å². The molecule has 0 aliphatic rings. The first-order chi connectivity index (χ1) is 7.24. The Bertz CT molecular complexity index is 548. The molecule has 1 aromatic heterocycles. The molecule has 5 nitrogen and oxygen atoms in total. The summed E-state index contributed by atoms with van der Waals surface area (Å²) in [6.07, 6.45) is 0. The van der Waals surface area contributed by atoms with E-state index in [1.54, 1.807) is 25.3 Å². The summed E-state index contributed by atoms with van der Waals surface area (Å²) in [4.78, 5) is 18.1. The number of fused-ring (bicyclic) bond motifs is 1. The molecule has 0 aliphatic heterocycles. The Labute approximate surface area is 85.7 Å². The van der Waals surface area contributed by atoms with Crippen LogP contribution in [0.3, 0.4) is 0 Å². The Hall–Kier alpha value is -2.04. The molecule has 1 aromatic carbocycles. The average Bonchev–Trinajstić information content (AvgIpc) is 2.27. The van der Waals surface area contributed by atoms with E-state index in [0.717, 1.165) is 0 Å². The van der Waals surface area contributed by atoms with Gasteiger partial charge in [-0.25, -0.2) is 4.98 Å². The van der Waals surface area contributed by atoms with Crippen LogP contribution in [0.2, 0.25) is 0 Å². The van der Waals surface area contributed by atoms with Crippen LogP contribution < -0.4 is 15.0 Å². The highest BCUT2D eigenvalue weighted by atomic mass is 16.5. The Morgan fingerprint density at radius 2 is 2.07 bits per heavy atom. The standard InChI is InChI=1S/C10H10N2O3/c1-14-6-3-4-7-8(5-6)12-10(15-2)9(13)11-7/h3-5H,1-2H3,(H,11,13). The first-order valence-corrected chi connectivity index (χ1v) is 4.36. The number of hydrogen-bond acceptors (Lipinski definition) is 4. The van der Waals surface area contributed by atoms with Gasteiger partial charge in [-0.05, 0) is 12.1 Å². The number of rotatable bonds is 2. The van der Waals surface area contributed by atoms with Crippen LogP contribution in [0.15, 0.2) is 23.0 Å². The molecule has 2 rings (SSSR count). The second-order valence-corrected chi connectivity index (χ2v) is 2.96. The smallest absolute Gasteiger partial charge is 0.311 e. The van der Waals surface area contributed by atoms with E-state index in [0.29, 0.717) is 16.8 Å². The van der Waals surface area contributed by atoms with E-state index in [2.05, 4.69) is 9.97 Å². The summed E-state index contributed by atoms with van der Waals surface area (Å²) in [5, 5.41) is 0. The lowest BCUT2D eigenvalue weighted by Gasteiger charge is -2.03. The molecule has 1 N–H and O–H groups in total. The molecule has 0 bridgehead atoms. The zero-order valence-corrected chi connectivity index (χ0v) is 8.40. The van der Waals surface area contributed by atoms with Gasteiger partial charge in [0.25, 0.3) is 5.88 Å². The molecule has 0 radical (unpaired) electrons. The van der Waals surface area contributed by atoms with Gasteiger partial charge in [0.2, 0.25) is 0 Å². The zero-order chi connectivity index (χ0) is 10.8. The summed E-state index contributed by atoms with van der Waals surface area (Å²) < 4.78 is 9.88. The second kappa shape index (κ2) is 3.61. The molecule has 15 heavy (non-hydrogen) atoms. The van der Waals surface area contributed by atoms with Crippen molar-refractivity contribution in [1.29, 1.82) is 0 Å². The second-order valence-electron chi connectivity index (χ2n) is 2.96. The lowest BCUT2D eigenvalue weighted by molar-refractivity contribution is 0.392. The Morgan fingerprint density at radius 1 is 1.27 bits per heavy atom. The number of aromatic amines is 1. The van der Waals surface area contributed by atoms with Crippen molar-refractivity contribution in [3.8, 4) is 11.6 Å². The number of H-pyrrole nitrogens is 1. The molecule has 78 valence electrons. The average molecular weight is 206 g/mol. The summed E-state index contributed by atoms with van der Waals surface area (Å²) in [5.41, 5.74) is 0.947. The van der Waals surface area contributed by atoms with Crippen LogP contribution in [-0.4, -0.2) is 24.2 Å². The molecule has 0 saturated heterocycles. The lowest BCUT2D eigenvalue weighted by atomic mass is 10.3. The van der Waals surface area contributed by atoms with E-state index in [1.165, 1.54) is 7.11 Å². The monoisotopic (exact) mass is 206 g/mol. The van der Waals surface area contributed by atoms with Gasteiger partial charge in [-0.15, -0.1) is 0 Å². The molecular formula is C10H10N2O3. The minimum absolute atomic E-state index is 0.0516. The van der Waals surface area contributed by atoms with Crippen LogP contribution in [-0.2, 0) is 0 Å². The quantitative estimate of drug-likeness (QED) is 0.794. The third kappa shape index (κ3) is 1.63. The maximum atomic E-state index is 11.3.